The first-order chi connectivity index (χ1) is 15.0. The van der Waals surface area contributed by atoms with Gasteiger partial charge in [0.1, 0.15) is 17.4 Å². The molecular formula is C23H25FN6S. The van der Waals surface area contributed by atoms with Gasteiger partial charge in [-0.25, -0.2) is 9.07 Å². The molecule has 6 nitrogen and oxygen atoms in total. The smallest absolute Gasteiger partial charge is 0.199 e. The molecule has 1 saturated heterocycles. The molecule has 8 heteroatoms. The average Bonchev–Trinajstić information content (AvgIpc) is 3.09. The first kappa shape index (κ1) is 21.2. The van der Waals surface area contributed by atoms with Crippen molar-refractivity contribution in [2.45, 2.75) is 27.1 Å². The van der Waals surface area contributed by atoms with E-state index in [9.17, 15) is 9.65 Å². The fraction of sp³-hybridized carbons (Fsp3) is 0.348. The van der Waals surface area contributed by atoms with E-state index in [1.54, 1.807) is 6.07 Å². The second-order valence-electron chi connectivity index (χ2n) is 7.71. The maximum absolute atomic E-state index is 14.0. The summed E-state index contributed by atoms with van der Waals surface area (Å²) in [4.78, 5) is 4.35. The van der Waals surface area contributed by atoms with Gasteiger partial charge in [-0.15, -0.1) is 0 Å². The Morgan fingerprint density at radius 1 is 1.13 bits per heavy atom. The van der Waals surface area contributed by atoms with Crippen LogP contribution in [0, 0.1) is 28.8 Å². The van der Waals surface area contributed by atoms with Gasteiger partial charge in [0.2, 0.25) is 0 Å². The van der Waals surface area contributed by atoms with Gasteiger partial charge < -0.3 is 9.47 Å². The van der Waals surface area contributed by atoms with Crippen molar-refractivity contribution in [1.29, 1.82) is 5.26 Å². The van der Waals surface area contributed by atoms with Crippen LogP contribution in [0.2, 0.25) is 0 Å². The van der Waals surface area contributed by atoms with E-state index in [1.807, 2.05) is 22.9 Å². The molecule has 0 atom stereocenters. The van der Waals surface area contributed by atoms with Crippen molar-refractivity contribution in [2.24, 2.45) is 0 Å². The molecule has 0 radical (unpaired) electrons. The third kappa shape index (κ3) is 4.24. The summed E-state index contributed by atoms with van der Waals surface area (Å²) in [5.74, 6) is 0.413. The first-order valence-corrected chi connectivity index (χ1v) is 10.8. The van der Waals surface area contributed by atoms with Crippen molar-refractivity contribution < 1.29 is 4.39 Å². The van der Waals surface area contributed by atoms with Crippen LogP contribution in [0.25, 0.3) is 11.4 Å². The summed E-state index contributed by atoms with van der Waals surface area (Å²) in [6.45, 7) is 8.49. The number of benzene rings is 2. The molecular weight excluding hydrogens is 411 g/mol. The van der Waals surface area contributed by atoms with Gasteiger partial charge >= 0.3 is 0 Å². The monoisotopic (exact) mass is 436 g/mol. The number of nitrogens with zero attached hydrogens (tertiary/aromatic N) is 6. The molecule has 31 heavy (non-hydrogen) atoms. The van der Waals surface area contributed by atoms with Crippen LogP contribution in [0.5, 0.6) is 0 Å². The highest BCUT2D eigenvalue weighted by molar-refractivity contribution is 7.71. The highest BCUT2D eigenvalue weighted by atomic mass is 32.1. The molecule has 1 aromatic heterocycles. The quantitative estimate of drug-likeness (QED) is 0.561. The van der Waals surface area contributed by atoms with Crippen molar-refractivity contribution in [3.63, 3.8) is 0 Å². The zero-order valence-corrected chi connectivity index (χ0v) is 18.6. The second-order valence-corrected chi connectivity index (χ2v) is 8.08. The molecule has 0 unspecified atom stereocenters. The molecule has 0 saturated carbocycles. The van der Waals surface area contributed by atoms with Gasteiger partial charge in [-0.05, 0) is 44.3 Å². The lowest BCUT2D eigenvalue weighted by atomic mass is 10.1. The summed E-state index contributed by atoms with van der Waals surface area (Å²) in [6.07, 6.45) is 0. The standard InChI is InChI=1S/C23H25FN6S/c1-3-29-22(18-7-4-6-17(2)14-18)26-30(23(29)31)16-27-10-12-28(13-11-27)21-9-5-8-20(24)19(21)15-25/h4-9,14H,3,10-13,16H2,1-2H3. The second kappa shape index (κ2) is 9.00. The molecule has 1 aliphatic heterocycles. The molecule has 1 aliphatic rings. The Bertz CT molecular complexity index is 1180. The Balaban J connectivity index is 1.50. The molecule has 3 aromatic rings. The van der Waals surface area contributed by atoms with Gasteiger partial charge in [0.05, 0.1) is 12.4 Å². The molecule has 0 aliphatic carbocycles. The van der Waals surface area contributed by atoms with Gasteiger partial charge in [-0.1, -0.05) is 29.8 Å². The molecule has 0 N–H and O–H groups in total. The number of hydrogen-bond donors (Lipinski definition) is 0. The molecule has 160 valence electrons. The van der Waals surface area contributed by atoms with Gasteiger partial charge in [-0.2, -0.15) is 10.4 Å². The number of anilines is 1. The van der Waals surface area contributed by atoms with E-state index >= 15 is 0 Å². The normalized spacial score (nSPS) is 14.6. The number of hydrogen-bond acceptors (Lipinski definition) is 5. The summed E-state index contributed by atoms with van der Waals surface area (Å²) < 4.78 is 18.6. The molecule has 4 rings (SSSR count). The SMILES string of the molecule is CCn1c(-c2cccc(C)c2)nn(CN2CCN(c3cccc(F)c3C#N)CC2)c1=S. The fourth-order valence-electron chi connectivity index (χ4n) is 4.02. The van der Waals surface area contributed by atoms with E-state index in [0.717, 1.165) is 31.0 Å². The van der Waals surface area contributed by atoms with Crippen LogP contribution in [0.1, 0.15) is 18.1 Å². The molecule has 0 bridgehead atoms. The highest BCUT2D eigenvalue weighted by Crippen LogP contribution is 2.24. The van der Waals surface area contributed by atoms with Crippen molar-refractivity contribution in [2.75, 3.05) is 31.1 Å². The summed E-state index contributed by atoms with van der Waals surface area (Å²) in [7, 11) is 0. The van der Waals surface area contributed by atoms with Crippen LogP contribution in [-0.2, 0) is 13.2 Å². The number of aryl methyl sites for hydroxylation is 1. The summed E-state index contributed by atoms with van der Waals surface area (Å²) >= 11 is 5.71. The van der Waals surface area contributed by atoms with Crippen LogP contribution in [-0.4, -0.2) is 45.4 Å². The number of aromatic nitrogens is 3. The molecule has 0 spiro atoms. The third-order valence-corrected chi connectivity index (χ3v) is 6.10. The van der Waals surface area contributed by atoms with Crippen molar-refractivity contribution in [3.05, 3.63) is 64.2 Å². The van der Waals surface area contributed by atoms with Gasteiger partial charge in [-0.3, -0.25) is 4.90 Å². The van der Waals surface area contributed by atoms with E-state index in [1.165, 1.54) is 11.6 Å². The maximum atomic E-state index is 14.0. The fourth-order valence-corrected chi connectivity index (χ4v) is 4.34. The summed E-state index contributed by atoms with van der Waals surface area (Å²) in [6, 6.07) is 15.1. The maximum Gasteiger partial charge on any atom is 0.199 e. The van der Waals surface area contributed by atoms with E-state index in [4.69, 9.17) is 17.3 Å². The zero-order valence-electron chi connectivity index (χ0n) is 17.8. The van der Waals surface area contributed by atoms with Crippen LogP contribution in [0.4, 0.5) is 10.1 Å². The molecule has 2 aromatic carbocycles. The topological polar surface area (TPSA) is 53.0 Å². The van der Waals surface area contributed by atoms with Crippen LogP contribution >= 0.6 is 12.2 Å². The van der Waals surface area contributed by atoms with Crippen molar-refractivity contribution in [3.8, 4) is 17.5 Å². The van der Waals surface area contributed by atoms with E-state index in [-0.39, 0.29) is 5.56 Å². The lowest BCUT2D eigenvalue weighted by molar-refractivity contribution is 0.194. The van der Waals surface area contributed by atoms with Gasteiger partial charge in [0.15, 0.2) is 10.6 Å². The zero-order chi connectivity index (χ0) is 22.0. The molecule has 0 amide bonds. The molecule has 2 heterocycles. The van der Waals surface area contributed by atoms with E-state index in [0.29, 0.717) is 30.2 Å². The van der Waals surface area contributed by atoms with Crippen molar-refractivity contribution in [1.82, 2.24) is 19.2 Å². The van der Waals surface area contributed by atoms with Crippen molar-refractivity contribution >= 4 is 17.9 Å². The van der Waals surface area contributed by atoms with Crippen LogP contribution in [0.3, 0.4) is 0 Å². The average molecular weight is 437 g/mol. The number of halogens is 1. The Labute approximate surface area is 186 Å². The van der Waals surface area contributed by atoms with Gasteiger partial charge in [0, 0.05) is 38.3 Å². The Morgan fingerprint density at radius 3 is 2.55 bits per heavy atom. The Kier molecular flexibility index (Phi) is 6.16. The summed E-state index contributed by atoms with van der Waals surface area (Å²) in [5.41, 5.74) is 3.02. The first-order valence-electron chi connectivity index (χ1n) is 10.4. The lowest BCUT2D eigenvalue weighted by Crippen LogP contribution is -2.47. The number of rotatable bonds is 5. The minimum atomic E-state index is -0.470. The van der Waals surface area contributed by atoms with Gasteiger partial charge in [0.25, 0.3) is 0 Å². The Morgan fingerprint density at radius 2 is 1.87 bits per heavy atom. The minimum absolute atomic E-state index is 0.114. The lowest BCUT2D eigenvalue weighted by Gasteiger charge is -2.36. The summed E-state index contributed by atoms with van der Waals surface area (Å²) in [5, 5.41) is 14.1. The third-order valence-electron chi connectivity index (χ3n) is 5.67. The van der Waals surface area contributed by atoms with Crippen LogP contribution < -0.4 is 4.90 Å². The van der Waals surface area contributed by atoms with E-state index < -0.39 is 5.82 Å². The largest absolute Gasteiger partial charge is 0.368 e. The predicted octanol–water partition coefficient (Wildman–Crippen LogP) is 4.20. The Hall–Kier alpha value is -3.02. The molecule has 1 fully saturated rings. The minimum Gasteiger partial charge on any atom is -0.368 e. The number of piperazine rings is 1. The predicted molar refractivity (Wildman–Crippen MR) is 122 cm³/mol. The van der Waals surface area contributed by atoms with E-state index in [2.05, 4.69) is 46.4 Å². The highest BCUT2D eigenvalue weighted by Gasteiger charge is 2.22. The number of nitriles is 1. The van der Waals surface area contributed by atoms with Crippen LogP contribution in [0.15, 0.2) is 42.5 Å².